The smallest absolute Gasteiger partial charge is 0.407 e. The Morgan fingerprint density at radius 2 is 1.45 bits per heavy atom. The van der Waals surface area contributed by atoms with Crippen LogP contribution in [-0.4, -0.2) is 53.9 Å². The molecule has 4 rings (SSSR count). The fraction of sp³-hybridized carbons (Fsp3) is 0.364. The van der Waals surface area contributed by atoms with E-state index >= 15 is 0 Å². The summed E-state index contributed by atoms with van der Waals surface area (Å²) in [5.41, 5.74) is 7.32. The maximum atomic E-state index is 13.6. The van der Waals surface area contributed by atoms with Crippen LogP contribution in [0, 0.1) is 0 Å². The Hall–Kier alpha value is -4.37. The number of hydrazine groups is 1. The second-order valence-corrected chi connectivity index (χ2v) is 11.3. The molecule has 0 fully saturated rings. The predicted octanol–water partition coefficient (Wildman–Crippen LogP) is 5.36. The van der Waals surface area contributed by atoms with Crippen LogP contribution in [0.1, 0.15) is 57.2 Å². The SMILES string of the molecule is CCNC(=O)N(Cc1ccccc1)NC(=O)C(NC(=O)OCC1c2ccccc2-c2ccccc21)C(C)OC(C)(C)C. The molecule has 3 aromatic rings. The van der Waals surface area contributed by atoms with Gasteiger partial charge in [-0.1, -0.05) is 78.9 Å². The molecule has 3 N–H and O–H groups in total. The number of nitrogens with zero attached hydrogens (tertiary/aromatic N) is 1. The fourth-order valence-electron chi connectivity index (χ4n) is 5.17. The van der Waals surface area contributed by atoms with Gasteiger partial charge in [0.15, 0.2) is 0 Å². The highest BCUT2D eigenvalue weighted by atomic mass is 16.6. The number of benzene rings is 3. The summed E-state index contributed by atoms with van der Waals surface area (Å²) >= 11 is 0. The first-order valence-electron chi connectivity index (χ1n) is 14.3. The Kier molecular flexibility index (Phi) is 9.85. The zero-order valence-corrected chi connectivity index (χ0v) is 24.8. The number of fused-ring (bicyclic) bond motifs is 3. The van der Waals surface area contributed by atoms with Gasteiger partial charge in [-0.05, 0) is 62.4 Å². The summed E-state index contributed by atoms with van der Waals surface area (Å²) in [6.45, 7) is 9.69. The summed E-state index contributed by atoms with van der Waals surface area (Å²) in [7, 11) is 0. The lowest BCUT2D eigenvalue weighted by atomic mass is 9.98. The van der Waals surface area contributed by atoms with Gasteiger partial charge in [0.2, 0.25) is 0 Å². The summed E-state index contributed by atoms with van der Waals surface area (Å²) in [5.74, 6) is -0.736. The van der Waals surface area contributed by atoms with Crippen molar-refractivity contribution in [1.82, 2.24) is 21.1 Å². The largest absolute Gasteiger partial charge is 0.449 e. The van der Waals surface area contributed by atoms with Crippen LogP contribution < -0.4 is 16.1 Å². The Morgan fingerprint density at radius 1 is 0.881 bits per heavy atom. The zero-order chi connectivity index (χ0) is 30.3. The summed E-state index contributed by atoms with van der Waals surface area (Å²) in [6, 6.07) is 23.8. The van der Waals surface area contributed by atoms with Crippen molar-refractivity contribution in [3.05, 3.63) is 95.6 Å². The van der Waals surface area contributed by atoms with Crippen molar-refractivity contribution in [2.24, 2.45) is 0 Å². The molecule has 2 unspecified atom stereocenters. The van der Waals surface area contributed by atoms with Crippen LogP contribution >= 0.6 is 0 Å². The third-order valence-corrected chi connectivity index (χ3v) is 6.91. The Bertz CT molecular complexity index is 1340. The number of carbonyl (C=O) groups excluding carboxylic acids is 3. The number of nitrogens with one attached hydrogen (secondary N) is 3. The minimum Gasteiger partial charge on any atom is -0.449 e. The Morgan fingerprint density at radius 3 is 2.02 bits per heavy atom. The highest BCUT2D eigenvalue weighted by Crippen LogP contribution is 2.44. The van der Waals surface area contributed by atoms with Crippen molar-refractivity contribution >= 4 is 18.0 Å². The molecule has 3 aromatic carbocycles. The Labute approximate surface area is 247 Å². The quantitative estimate of drug-likeness (QED) is 0.299. The van der Waals surface area contributed by atoms with E-state index in [-0.39, 0.29) is 19.1 Å². The molecule has 0 aliphatic heterocycles. The first kappa shape index (κ1) is 30.6. The van der Waals surface area contributed by atoms with Crippen molar-refractivity contribution in [3.63, 3.8) is 0 Å². The van der Waals surface area contributed by atoms with Crippen LogP contribution in [0.2, 0.25) is 0 Å². The molecule has 1 aliphatic rings. The summed E-state index contributed by atoms with van der Waals surface area (Å²) < 4.78 is 11.8. The molecule has 42 heavy (non-hydrogen) atoms. The third-order valence-electron chi connectivity index (χ3n) is 6.91. The van der Waals surface area contributed by atoms with E-state index in [1.54, 1.807) is 13.8 Å². The minimum absolute atomic E-state index is 0.0990. The average Bonchev–Trinajstić information content (AvgIpc) is 3.27. The third kappa shape index (κ3) is 7.67. The van der Waals surface area contributed by atoms with Gasteiger partial charge in [-0.15, -0.1) is 0 Å². The Balaban J connectivity index is 1.49. The molecule has 0 heterocycles. The zero-order valence-electron chi connectivity index (χ0n) is 24.8. The molecule has 9 nitrogen and oxygen atoms in total. The lowest BCUT2D eigenvalue weighted by Crippen LogP contribution is -2.59. The van der Waals surface area contributed by atoms with E-state index in [0.717, 1.165) is 27.8 Å². The molecule has 0 radical (unpaired) electrons. The number of amides is 4. The van der Waals surface area contributed by atoms with E-state index < -0.39 is 35.8 Å². The van der Waals surface area contributed by atoms with Gasteiger partial charge in [0.25, 0.3) is 5.91 Å². The molecule has 0 saturated heterocycles. The summed E-state index contributed by atoms with van der Waals surface area (Å²) in [5, 5.41) is 6.60. The van der Waals surface area contributed by atoms with Crippen molar-refractivity contribution in [2.75, 3.05) is 13.2 Å². The van der Waals surface area contributed by atoms with Crippen LogP contribution in [0.25, 0.3) is 11.1 Å². The predicted molar refractivity (Wildman–Crippen MR) is 161 cm³/mol. The molecule has 2 atom stereocenters. The molecule has 0 saturated carbocycles. The van der Waals surface area contributed by atoms with Gasteiger partial charge in [0.05, 0.1) is 18.2 Å². The van der Waals surface area contributed by atoms with Crippen molar-refractivity contribution in [3.8, 4) is 11.1 Å². The van der Waals surface area contributed by atoms with E-state index in [2.05, 4.69) is 28.2 Å². The number of rotatable bonds is 9. The topological polar surface area (TPSA) is 109 Å². The number of hydrogen-bond acceptors (Lipinski definition) is 5. The molecular formula is C33H40N4O5. The summed E-state index contributed by atoms with van der Waals surface area (Å²) in [6.07, 6.45) is -1.49. The van der Waals surface area contributed by atoms with Gasteiger partial charge < -0.3 is 20.1 Å². The molecule has 0 spiro atoms. The maximum Gasteiger partial charge on any atom is 0.407 e. The molecular weight excluding hydrogens is 532 g/mol. The molecule has 9 heteroatoms. The second-order valence-electron chi connectivity index (χ2n) is 11.3. The fourth-order valence-corrected chi connectivity index (χ4v) is 5.17. The molecule has 1 aliphatic carbocycles. The van der Waals surface area contributed by atoms with Crippen molar-refractivity contribution < 1.29 is 23.9 Å². The van der Waals surface area contributed by atoms with E-state index in [9.17, 15) is 14.4 Å². The van der Waals surface area contributed by atoms with E-state index in [1.165, 1.54) is 5.01 Å². The van der Waals surface area contributed by atoms with Crippen LogP contribution in [0.4, 0.5) is 9.59 Å². The lowest BCUT2D eigenvalue weighted by Gasteiger charge is -2.32. The minimum atomic E-state index is -1.15. The van der Waals surface area contributed by atoms with Gasteiger partial charge in [-0.25, -0.2) is 14.6 Å². The second kappa shape index (κ2) is 13.5. The number of ether oxygens (including phenoxy) is 2. The van der Waals surface area contributed by atoms with Crippen molar-refractivity contribution in [2.45, 2.75) is 64.8 Å². The van der Waals surface area contributed by atoms with Crippen LogP contribution in [0.15, 0.2) is 78.9 Å². The number of hydrogen-bond donors (Lipinski definition) is 3. The molecule has 0 aromatic heterocycles. The van der Waals surface area contributed by atoms with Gasteiger partial charge in [0, 0.05) is 12.5 Å². The van der Waals surface area contributed by atoms with Gasteiger partial charge >= 0.3 is 12.1 Å². The van der Waals surface area contributed by atoms with Gasteiger partial charge in [0.1, 0.15) is 12.6 Å². The molecule has 4 amide bonds. The molecule has 222 valence electrons. The molecule has 0 bridgehead atoms. The highest BCUT2D eigenvalue weighted by molar-refractivity contribution is 5.88. The van der Waals surface area contributed by atoms with Gasteiger partial charge in [-0.3, -0.25) is 10.2 Å². The number of alkyl carbamates (subject to hydrolysis) is 1. The highest BCUT2D eigenvalue weighted by Gasteiger charge is 2.34. The van der Waals surface area contributed by atoms with Crippen LogP contribution in [-0.2, 0) is 20.8 Å². The van der Waals surface area contributed by atoms with E-state index in [1.807, 2.05) is 87.5 Å². The summed E-state index contributed by atoms with van der Waals surface area (Å²) in [4.78, 5) is 39.6. The first-order chi connectivity index (χ1) is 20.1. The normalized spacial score (nSPS) is 13.7. The first-order valence-corrected chi connectivity index (χ1v) is 14.3. The van der Waals surface area contributed by atoms with Crippen LogP contribution in [0.3, 0.4) is 0 Å². The van der Waals surface area contributed by atoms with E-state index in [4.69, 9.17) is 9.47 Å². The standard InChI is InChI=1S/C33H40N4O5/c1-6-34-31(39)37(20-23-14-8-7-9-15-23)36-30(38)29(22(2)42-33(3,4)5)35-32(40)41-21-28-26-18-12-10-16-24(26)25-17-11-13-19-27(25)28/h7-19,22,28-29H,6,20-21H2,1-5H3,(H,34,39)(H,35,40)(H,36,38). The maximum absolute atomic E-state index is 13.6. The van der Waals surface area contributed by atoms with Crippen molar-refractivity contribution in [1.29, 1.82) is 0 Å². The lowest BCUT2D eigenvalue weighted by molar-refractivity contribution is -0.134. The number of carbonyl (C=O) groups is 3. The monoisotopic (exact) mass is 572 g/mol. The van der Waals surface area contributed by atoms with Gasteiger partial charge in [-0.2, -0.15) is 0 Å². The van der Waals surface area contributed by atoms with E-state index in [0.29, 0.717) is 6.54 Å². The average molecular weight is 573 g/mol. The van der Waals surface area contributed by atoms with Crippen LogP contribution in [0.5, 0.6) is 0 Å². The number of urea groups is 1.